The number of fused-ring (bicyclic) bond motifs is 1. The van der Waals surface area contributed by atoms with Crippen LogP contribution in [0.5, 0.6) is 0 Å². The van der Waals surface area contributed by atoms with Gasteiger partial charge < -0.3 is 26.4 Å². The zero-order valence-electron chi connectivity index (χ0n) is 10.9. The molecule has 2 aromatic rings. The van der Waals surface area contributed by atoms with E-state index in [1.165, 1.54) is 17.1 Å². The normalized spacial score (nSPS) is 32.4. The molecule has 21 heavy (non-hydrogen) atoms. The molecule has 9 nitrogen and oxygen atoms in total. The van der Waals surface area contributed by atoms with Crippen LogP contribution in [0.3, 0.4) is 0 Å². The van der Waals surface area contributed by atoms with Gasteiger partial charge >= 0.3 is 0 Å². The summed E-state index contributed by atoms with van der Waals surface area (Å²) in [5.74, 6) is 2.40. The highest BCUT2D eigenvalue weighted by molar-refractivity contribution is 5.70. The molecule has 4 atom stereocenters. The van der Waals surface area contributed by atoms with Crippen molar-refractivity contribution in [2.24, 2.45) is 5.73 Å². The minimum atomic E-state index is -1.53. The van der Waals surface area contributed by atoms with Gasteiger partial charge in [-0.15, -0.1) is 6.42 Å². The van der Waals surface area contributed by atoms with Crippen LogP contribution in [0.2, 0.25) is 0 Å². The van der Waals surface area contributed by atoms with Gasteiger partial charge in [-0.1, -0.05) is 5.92 Å². The van der Waals surface area contributed by atoms with Gasteiger partial charge in [0.15, 0.2) is 17.4 Å². The van der Waals surface area contributed by atoms with E-state index in [9.17, 15) is 10.2 Å². The standard InChI is InChI=1S/C12H14N6O3/c1-2-12(14)8(20)7(4-19)21-10(12)18-5-16-6-3-15-11(13)17-9(6)18/h1,3,5,7-8,10,19-20H,4,14H2,(H2,13,15,17)/t7-,8+,10-,12?/m1/s1. The lowest BCUT2D eigenvalue weighted by Gasteiger charge is -2.27. The summed E-state index contributed by atoms with van der Waals surface area (Å²) < 4.78 is 7.05. The maximum absolute atomic E-state index is 10.2. The monoisotopic (exact) mass is 290 g/mol. The Morgan fingerprint density at radius 3 is 2.95 bits per heavy atom. The van der Waals surface area contributed by atoms with Crippen molar-refractivity contribution in [3.05, 3.63) is 12.5 Å². The number of nitrogens with zero attached hydrogens (tertiary/aromatic N) is 4. The second-order valence-corrected chi connectivity index (χ2v) is 4.82. The number of hydrogen-bond donors (Lipinski definition) is 4. The SMILES string of the molecule is C#CC1(N)[C@@H](O)[C@@H](CO)O[C@H]1n1cnc2cnc(N)nc21. The molecular weight excluding hydrogens is 276 g/mol. The van der Waals surface area contributed by atoms with E-state index in [1.54, 1.807) is 0 Å². The maximum Gasteiger partial charge on any atom is 0.222 e. The van der Waals surface area contributed by atoms with Gasteiger partial charge in [-0.25, -0.2) is 9.97 Å². The Balaban J connectivity index is 2.13. The third-order valence-electron chi connectivity index (χ3n) is 3.57. The molecule has 1 fully saturated rings. The largest absolute Gasteiger partial charge is 0.394 e. The number of imidazole rings is 1. The second-order valence-electron chi connectivity index (χ2n) is 4.82. The molecule has 0 aliphatic carbocycles. The van der Waals surface area contributed by atoms with E-state index in [2.05, 4.69) is 20.9 Å². The Bertz CT molecular complexity index is 725. The Morgan fingerprint density at radius 1 is 1.52 bits per heavy atom. The van der Waals surface area contributed by atoms with Gasteiger partial charge in [0.25, 0.3) is 0 Å². The van der Waals surface area contributed by atoms with Gasteiger partial charge in [0.1, 0.15) is 17.7 Å². The van der Waals surface area contributed by atoms with E-state index in [1.807, 2.05) is 0 Å². The fourth-order valence-electron chi connectivity index (χ4n) is 2.41. The van der Waals surface area contributed by atoms with E-state index in [0.29, 0.717) is 11.2 Å². The van der Waals surface area contributed by atoms with Crippen LogP contribution in [0, 0.1) is 12.3 Å². The van der Waals surface area contributed by atoms with Gasteiger partial charge in [0.05, 0.1) is 19.1 Å². The molecule has 6 N–H and O–H groups in total. The lowest BCUT2D eigenvalue weighted by molar-refractivity contribution is -0.0447. The first-order chi connectivity index (χ1) is 10.0. The molecule has 1 saturated heterocycles. The smallest absolute Gasteiger partial charge is 0.222 e. The molecular formula is C12H14N6O3. The predicted molar refractivity (Wildman–Crippen MR) is 72.5 cm³/mol. The number of ether oxygens (including phenoxy) is 1. The van der Waals surface area contributed by atoms with E-state index >= 15 is 0 Å². The van der Waals surface area contributed by atoms with Gasteiger partial charge in [-0.05, 0) is 0 Å². The summed E-state index contributed by atoms with van der Waals surface area (Å²) in [6.45, 7) is -0.415. The molecule has 1 aliphatic rings. The first-order valence-electron chi connectivity index (χ1n) is 6.17. The quantitative estimate of drug-likeness (QED) is 0.464. The summed E-state index contributed by atoms with van der Waals surface area (Å²) in [4.78, 5) is 12.0. The van der Waals surface area contributed by atoms with Crippen molar-refractivity contribution in [2.45, 2.75) is 24.0 Å². The number of nitrogens with two attached hydrogens (primary N) is 2. The number of anilines is 1. The third kappa shape index (κ3) is 1.85. The van der Waals surface area contributed by atoms with Crippen molar-refractivity contribution < 1.29 is 14.9 Å². The Labute approximate surface area is 119 Å². The molecule has 9 heteroatoms. The predicted octanol–water partition coefficient (Wildman–Crippen LogP) is -2.01. The fourth-order valence-corrected chi connectivity index (χ4v) is 2.41. The average Bonchev–Trinajstić information content (AvgIpc) is 2.99. The third-order valence-corrected chi connectivity index (χ3v) is 3.57. The first-order valence-corrected chi connectivity index (χ1v) is 6.17. The van der Waals surface area contributed by atoms with Crippen molar-refractivity contribution in [3.63, 3.8) is 0 Å². The molecule has 0 bridgehead atoms. The number of aliphatic hydroxyl groups excluding tert-OH is 2. The Morgan fingerprint density at radius 2 is 2.29 bits per heavy atom. The molecule has 0 saturated carbocycles. The van der Waals surface area contributed by atoms with Gasteiger partial charge in [-0.3, -0.25) is 4.57 Å². The number of aromatic nitrogens is 4. The second kappa shape index (κ2) is 4.64. The van der Waals surface area contributed by atoms with Crippen molar-refractivity contribution >= 4 is 17.1 Å². The van der Waals surface area contributed by atoms with Crippen LogP contribution >= 0.6 is 0 Å². The molecule has 1 aliphatic heterocycles. The van der Waals surface area contributed by atoms with Gasteiger partial charge in [0.2, 0.25) is 5.95 Å². The molecule has 1 unspecified atom stereocenters. The molecule has 110 valence electrons. The summed E-state index contributed by atoms with van der Waals surface area (Å²) in [7, 11) is 0. The number of nitrogen functional groups attached to an aromatic ring is 1. The molecule has 3 rings (SSSR count). The van der Waals surface area contributed by atoms with E-state index < -0.39 is 30.6 Å². The van der Waals surface area contributed by atoms with E-state index in [0.717, 1.165) is 0 Å². The topological polar surface area (TPSA) is 145 Å². The summed E-state index contributed by atoms with van der Waals surface area (Å²) in [5, 5.41) is 19.4. The molecule has 2 aromatic heterocycles. The molecule has 0 spiro atoms. The van der Waals surface area contributed by atoms with Crippen LogP contribution in [0.15, 0.2) is 12.5 Å². The Kier molecular flexibility index (Phi) is 3.03. The van der Waals surface area contributed by atoms with E-state index in [4.69, 9.17) is 22.6 Å². The van der Waals surface area contributed by atoms with Crippen molar-refractivity contribution in [1.82, 2.24) is 19.5 Å². The first kappa shape index (κ1) is 13.7. The number of hydrogen-bond acceptors (Lipinski definition) is 8. The summed E-state index contributed by atoms with van der Waals surface area (Å²) in [6.07, 6.45) is 5.28. The number of terminal acetylenes is 1. The van der Waals surface area contributed by atoms with Gasteiger partial charge in [0, 0.05) is 0 Å². The van der Waals surface area contributed by atoms with Crippen LogP contribution in [0.4, 0.5) is 5.95 Å². The summed E-state index contributed by atoms with van der Waals surface area (Å²) in [5.41, 5.74) is 11.0. The van der Waals surface area contributed by atoms with Crippen LogP contribution in [0.25, 0.3) is 11.2 Å². The van der Waals surface area contributed by atoms with E-state index in [-0.39, 0.29) is 5.95 Å². The molecule has 0 radical (unpaired) electrons. The molecule has 3 heterocycles. The molecule has 0 aromatic carbocycles. The lowest BCUT2D eigenvalue weighted by atomic mass is 9.92. The van der Waals surface area contributed by atoms with Crippen LogP contribution < -0.4 is 11.5 Å². The highest BCUT2D eigenvalue weighted by Crippen LogP contribution is 2.37. The zero-order chi connectivity index (χ0) is 15.2. The highest BCUT2D eigenvalue weighted by Gasteiger charge is 2.54. The van der Waals surface area contributed by atoms with Crippen molar-refractivity contribution in [3.8, 4) is 12.3 Å². The van der Waals surface area contributed by atoms with Gasteiger partial charge in [-0.2, -0.15) is 4.98 Å². The zero-order valence-corrected chi connectivity index (χ0v) is 10.9. The number of rotatable bonds is 2. The summed E-state index contributed by atoms with van der Waals surface area (Å²) in [6, 6.07) is 0. The van der Waals surface area contributed by atoms with Crippen LogP contribution in [0.1, 0.15) is 6.23 Å². The minimum Gasteiger partial charge on any atom is -0.394 e. The fraction of sp³-hybridized carbons (Fsp3) is 0.417. The summed E-state index contributed by atoms with van der Waals surface area (Å²) >= 11 is 0. The molecule has 0 amide bonds. The lowest BCUT2D eigenvalue weighted by Crippen LogP contribution is -2.53. The minimum absolute atomic E-state index is 0.0600. The van der Waals surface area contributed by atoms with Crippen LogP contribution in [-0.2, 0) is 4.74 Å². The highest BCUT2D eigenvalue weighted by atomic mass is 16.5. The Hall–Kier alpha value is -2.25. The van der Waals surface area contributed by atoms with Crippen LogP contribution in [-0.4, -0.2) is 54.1 Å². The average molecular weight is 290 g/mol. The van der Waals surface area contributed by atoms with Crippen molar-refractivity contribution in [1.29, 1.82) is 0 Å². The van der Waals surface area contributed by atoms with Crippen molar-refractivity contribution in [2.75, 3.05) is 12.3 Å². The maximum atomic E-state index is 10.2. The number of aliphatic hydroxyl groups is 2.